The highest BCUT2D eigenvalue weighted by molar-refractivity contribution is 7.99. The van der Waals surface area contributed by atoms with Crippen molar-refractivity contribution in [2.24, 2.45) is 0 Å². The van der Waals surface area contributed by atoms with Gasteiger partial charge in [0.15, 0.2) is 0 Å². The van der Waals surface area contributed by atoms with Gasteiger partial charge >= 0.3 is 0 Å². The van der Waals surface area contributed by atoms with Gasteiger partial charge in [-0.25, -0.2) is 9.97 Å². The Balaban J connectivity index is 2.32. The lowest BCUT2D eigenvalue weighted by atomic mass is 10.2. The average Bonchev–Trinajstić information content (AvgIpc) is 2.42. The Morgan fingerprint density at radius 1 is 1.17 bits per heavy atom. The van der Waals surface area contributed by atoms with Crippen molar-refractivity contribution in [2.75, 3.05) is 12.4 Å². The van der Waals surface area contributed by atoms with Crippen LogP contribution in [0.25, 0.3) is 0 Å². The van der Waals surface area contributed by atoms with Crippen LogP contribution < -0.4 is 5.32 Å². The lowest BCUT2D eigenvalue weighted by Crippen LogP contribution is -2.02. The van der Waals surface area contributed by atoms with E-state index in [1.165, 1.54) is 10.5 Å². The molecule has 1 aromatic heterocycles. The Kier molecular flexibility index (Phi) is 4.59. The summed E-state index contributed by atoms with van der Waals surface area (Å²) in [5.41, 5.74) is 1.20. The van der Waals surface area contributed by atoms with E-state index in [0.29, 0.717) is 0 Å². The molecule has 0 bridgehead atoms. The number of hydrogen-bond donors (Lipinski definition) is 1. The first kappa shape index (κ1) is 12.9. The van der Waals surface area contributed by atoms with Gasteiger partial charge < -0.3 is 5.32 Å². The van der Waals surface area contributed by atoms with Gasteiger partial charge in [0.25, 0.3) is 0 Å². The fraction of sp³-hybridized carbons (Fsp3) is 0.286. The number of aromatic nitrogens is 2. The molecule has 94 valence electrons. The van der Waals surface area contributed by atoms with Crippen LogP contribution in [-0.2, 0) is 6.42 Å². The SMILES string of the molecule is CCCc1c(NC)ncnc1Sc1ccccc1. The van der Waals surface area contributed by atoms with E-state index in [2.05, 4.69) is 34.3 Å². The number of anilines is 1. The number of hydrogen-bond acceptors (Lipinski definition) is 4. The highest BCUT2D eigenvalue weighted by atomic mass is 32.2. The van der Waals surface area contributed by atoms with Crippen LogP contribution in [0.1, 0.15) is 18.9 Å². The predicted octanol–water partition coefficient (Wildman–Crippen LogP) is 3.62. The Morgan fingerprint density at radius 2 is 1.94 bits per heavy atom. The summed E-state index contributed by atoms with van der Waals surface area (Å²) in [5, 5.41) is 4.19. The largest absolute Gasteiger partial charge is 0.373 e. The lowest BCUT2D eigenvalue weighted by molar-refractivity contribution is 0.858. The summed E-state index contributed by atoms with van der Waals surface area (Å²) in [4.78, 5) is 9.90. The van der Waals surface area contributed by atoms with E-state index in [1.54, 1.807) is 18.1 Å². The fourth-order valence-electron chi connectivity index (χ4n) is 1.78. The topological polar surface area (TPSA) is 37.8 Å². The average molecular weight is 259 g/mol. The van der Waals surface area contributed by atoms with Gasteiger partial charge in [0, 0.05) is 17.5 Å². The normalized spacial score (nSPS) is 10.3. The van der Waals surface area contributed by atoms with Crippen molar-refractivity contribution in [1.29, 1.82) is 0 Å². The first-order valence-electron chi connectivity index (χ1n) is 6.09. The molecule has 1 aromatic carbocycles. The highest BCUT2D eigenvalue weighted by Crippen LogP contribution is 2.31. The molecule has 0 saturated carbocycles. The standard InChI is InChI=1S/C14H17N3S/c1-3-7-12-13(15-2)16-10-17-14(12)18-11-8-5-4-6-9-11/h4-6,8-10H,3,7H2,1-2H3,(H,15,16,17). The minimum Gasteiger partial charge on any atom is -0.373 e. The second kappa shape index (κ2) is 6.40. The molecule has 18 heavy (non-hydrogen) atoms. The van der Waals surface area contributed by atoms with E-state index in [9.17, 15) is 0 Å². The zero-order valence-corrected chi connectivity index (χ0v) is 11.5. The van der Waals surface area contributed by atoms with Gasteiger partial charge in [0.2, 0.25) is 0 Å². The van der Waals surface area contributed by atoms with Crippen molar-refractivity contribution < 1.29 is 0 Å². The van der Waals surface area contributed by atoms with Gasteiger partial charge in [-0.15, -0.1) is 0 Å². The number of benzene rings is 1. The van der Waals surface area contributed by atoms with Crippen LogP contribution in [0, 0.1) is 0 Å². The van der Waals surface area contributed by atoms with Crippen molar-refractivity contribution in [1.82, 2.24) is 9.97 Å². The Hall–Kier alpha value is -1.55. The van der Waals surface area contributed by atoms with Gasteiger partial charge in [-0.1, -0.05) is 43.3 Å². The summed E-state index contributed by atoms with van der Waals surface area (Å²) in [7, 11) is 1.90. The summed E-state index contributed by atoms with van der Waals surface area (Å²) in [6.45, 7) is 2.17. The number of nitrogens with zero attached hydrogens (tertiary/aromatic N) is 2. The van der Waals surface area contributed by atoms with E-state index in [0.717, 1.165) is 23.7 Å². The van der Waals surface area contributed by atoms with E-state index in [1.807, 2.05) is 25.2 Å². The molecule has 2 rings (SSSR count). The summed E-state index contributed by atoms with van der Waals surface area (Å²) in [5.74, 6) is 0.935. The quantitative estimate of drug-likeness (QED) is 0.832. The summed E-state index contributed by atoms with van der Waals surface area (Å²) in [6, 6.07) is 10.3. The third kappa shape index (κ3) is 3.01. The highest BCUT2D eigenvalue weighted by Gasteiger charge is 2.10. The second-order valence-electron chi connectivity index (χ2n) is 3.92. The van der Waals surface area contributed by atoms with Gasteiger partial charge in [-0.2, -0.15) is 0 Å². The van der Waals surface area contributed by atoms with Crippen LogP contribution in [0.4, 0.5) is 5.82 Å². The third-order valence-corrected chi connectivity index (χ3v) is 3.65. The second-order valence-corrected chi connectivity index (χ2v) is 4.98. The number of nitrogens with one attached hydrogen (secondary N) is 1. The zero-order chi connectivity index (χ0) is 12.8. The van der Waals surface area contributed by atoms with Gasteiger partial charge in [-0.05, 0) is 18.6 Å². The summed E-state index contributed by atoms with van der Waals surface area (Å²) in [6.07, 6.45) is 3.70. The molecule has 0 aliphatic rings. The smallest absolute Gasteiger partial charge is 0.133 e. The monoisotopic (exact) mass is 259 g/mol. The minimum absolute atomic E-state index is 0.935. The first-order chi connectivity index (χ1) is 8.85. The molecule has 0 atom stereocenters. The van der Waals surface area contributed by atoms with Crippen LogP contribution in [0.5, 0.6) is 0 Å². The Labute approximate surface area is 112 Å². The summed E-state index contributed by atoms with van der Waals surface area (Å²) >= 11 is 1.69. The van der Waals surface area contributed by atoms with Crippen molar-refractivity contribution in [3.63, 3.8) is 0 Å². The molecular weight excluding hydrogens is 242 g/mol. The molecule has 1 N–H and O–H groups in total. The van der Waals surface area contributed by atoms with Gasteiger partial charge in [0.1, 0.15) is 17.2 Å². The molecule has 4 heteroatoms. The van der Waals surface area contributed by atoms with Gasteiger partial charge in [0.05, 0.1) is 0 Å². The molecule has 0 amide bonds. The van der Waals surface area contributed by atoms with Crippen LogP contribution in [-0.4, -0.2) is 17.0 Å². The molecule has 0 spiro atoms. The van der Waals surface area contributed by atoms with Crippen molar-refractivity contribution in [3.05, 3.63) is 42.2 Å². The molecule has 0 saturated heterocycles. The molecule has 1 heterocycles. The van der Waals surface area contributed by atoms with Crippen molar-refractivity contribution in [2.45, 2.75) is 29.7 Å². The molecular formula is C14H17N3S. The molecule has 0 aliphatic heterocycles. The minimum atomic E-state index is 0.935. The third-order valence-electron chi connectivity index (χ3n) is 2.60. The molecule has 3 nitrogen and oxygen atoms in total. The van der Waals surface area contributed by atoms with Crippen molar-refractivity contribution >= 4 is 17.6 Å². The maximum absolute atomic E-state index is 4.41. The van der Waals surface area contributed by atoms with E-state index in [-0.39, 0.29) is 0 Å². The van der Waals surface area contributed by atoms with Crippen LogP contribution in [0.3, 0.4) is 0 Å². The van der Waals surface area contributed by atoms with Crippen LogP contribution in [0.2, 0.25) is 0 Å². The van der Waals surface area contributed by atoms with Gasteiger partial charge in [-0.3, -0.25) is 0 Å². The van der Waals surface area contributed by atoms with E-state index < -0.39 is 0 Å². The van der Waals surface area contributed by atoms with Crippen LogP contribution >= 0.6 is 11.8 Å². The summed E-state index contributed by atoms with van der Waals surface area (Å²) < 4.78 is 0. The molecule has 2 aromatic rings. The molecule has 0 radical (unpaired) electrons. The Bertz CT molecular complexity index is 500. The zero-order valence-electron chi connectivity index (χ0n) is 10.7. The lowest BCUT2D eigenvalue weighted by Gasteiger charge is -2.11. The maximum atomic E-state index is 4.41. The predicted molar refractivity (Wildman–Crippen MR) is 76.1 cm³/mol. The van der Waals surface area contributed by atoms with E-state index in [4.69, 9.17) is 0 Å². The number of rotatable bonds is 5. The molecule has 0 aliphatic carbocycles. The van der Waals surface area contributed by atoms with Crippen LogP contribution in [0.15, 0.2) is 46.6 Å². The molecule has 0 fully saturated rings. The first-order valence-corrected chi connectivity index (χ1v) is 6.91. The maximum Gasteiger partial charge on any atom is 0.133 e. The Morgan fingerprint density at radius 3 is 2.61 bits per heavy atom. The molecule has 0 unspecified atom stereocenters. The van der Waals surface area contributed by atoms with Crippen molar-refractivity contribution in [3.8, 4) is 0 Å². The fourth-order valence-corrected chi connectivity index (χ4v) is 2.71. The van der Waals surface area contributed by atoms with E-state index >= 15 is 0 Å².